The Bertz CT molecular complexity index is 937. The molecule has 112 valence electrons. The number of hydrogen-bond donors (Lipinski definition) is 1. The Hall–Kier alpha value is -3.14. The molecule has 1 aromatic heterocycles. The summed E-state index contributed by atoms with van der Waals surface area (Å²) in [7, 11) is 1.81. The Labute approximate surface area is 134 Å². The van der Waals surface area contributed by atoms with Crippen molar-refractivity contribution in [2.24, 2.45) is 12.0 Å². The predicted octanol–water partition coefficient (Wildman–Crippen LogP) is 4.05. The summed E-state index contributed by atoms with van der Waals surface area (Å²) >= 11 is 0. The average molecular weight is 301 g/mol. The predicted molar refractivity (Wildman–Crippen MR) is 92.8 cm³/mol. The van der Waals surface area contributed by atoms with Gasteiger partial charge < -0.3 is 5.11 Å². The lowest BCUT2D eigenvalue weighted by Gasteiger charge is -2.01. The number of imidazole rings is 1. The molecule has 0 unspecified atom stereocenters. The van der Waals surface area contributed by atoms with Crippen LogP contribution in [0.15, 0.2) is 59.6 Å². The Morgan fingerprint density at radius 1 is 1.00 bits per heavy atom. The maximum absolute atomic E-state index is 10.4. The van der Waals surface area contributed by atoms with Gasteiger partial charge in [0.25, 0.3) is 0 Å². The highest BCUT2D eigenvalue weighted by Crippen LogP contribution is 2.34. The fourth-order valence-corrected chi connectivity index (χ4v) is 2.75. The number of rotatable bonds is 2. The van der Waals surface area contributed by atoms with Gasteiger partial charge in [-0.3, -0.25) is 9.56 Å². The first-order valence-electron chi connectivity index (χ1n) is 7.40. The van der Waals surface area contributed by atoms with Gasteiger partial charge in [-0.05, 0) is 12.1 Å². The van der Waals surface area contributed by atoms with Gasteiger partial charge in [0.2, 0.25) is 5.88 Å². The van der Waals surface area contributed by atoms with Crippen LogP contribution in [0, 0.1) is 0 Å². The van der Waals surface area contributed by atoms with E-state index >= 15 is 0 Å². The van der Waals surface area contributed by atoms with Gasteiger partial charge in [-0.25, -0.2) is 4.98 Å². The summed E-state index contributed by atoms with van der Waals surface area (Å²) < 4.78 is 1.69. The Morgan fingerprint density at radius 3 is 2.57 bits per heavy atom. The van der Waals surface area contributed by atoms with Crippen LogP contribution >= 0.6 is 0 Å². The number of aliphatic imine (C=N–C) groups is 1. The molecule has 3 aromatic rings. The highest BCUT2D eigenvalue weighted by molar-refractivity contribution is 6.21. The van der Waals surface area contributed by atoms with Crippen molar-refractivity contribution in [3.05, 3.63) is 65.9 Å². The first kappa shape index (κ1) is 13.5. The maximum Gasteiger partial charge on any atom is 0.219 e. The van der Waals surface area contributed by atoms with Crippen LogP contribution in [-0.4, -0.2) is 20.9 Å². The van der Waals surface area contributed by atoms with Crippen LogP contribution in [0.2, 0.25) is 0 Å². The van der Waals surface area contributed by atoms with Crippen LogP contribution in [-0.2, 0) is 7.05 Å². The molecule has 1 aliphatic heterocycles. The topological polar surface area (TPSA) is 50.4 Å². The minimum atomic E-state index is 0.147. The molecule has 2 heterocycles. The van der Waals surface area contributed by atoms with Crippen molar-refractivity contribution >= 4 is 23.6 Å². The molecule has 0 radical (unpaired) electrons. The van der Waals surface area contributed by atoms with E-state index in [0.717, 1.165) is 28.2 Å². The molecular formula is C19H15N3O. The molecule has 0 aliphatic carbocycles. The van der Waals surface area contributed by atoms with Gasteiger partial charge in [0.05, 0.1) is 5.69 Å². The molecule has 1 N–H and O–H groups in total. The zero-order valence-electron chi connectivity index (χ0n) is 12.6. The number of fused-ring (bicyclic) bond motifs is 1. The smallest absolute Gasteiger partial charge is 0.219 e. The number of aromatic nitrogens is 2. The van der Waals surface area contributed by atoms with E-state index < -0.39 is 0 Å². The van der Waals surface area contributed by atoms with Crippen molar-refractivity contribution in [2.75, 3.05) is 0 Å². The molecule has 4 nitrogen and oxygen atoms in total. The number of para-hydroxylation sites is 1. The molecule has 23 heavy (non-hydrogen) atoms. The molecule has 2 aromatic carbocycles. The maximum atomic E-state index is 10.4. The first-order valence-corrected chi connectivity index (χ1v) is 7.40. The summed E-state index contributed by atoms with van der Waals surface area (Å²) in [6.07, 6.45) is 3.68. The lowest BCUT2D eigenvalue weighted by molar-refractivity contribution is 0.432. The summed E-state index contributed by atoms with van der Waals surface area (Å²) in [6, 6.07) is 17.8. The van der Waals surface area contributed by atoms with Gasteiger partial charge in [-0.15, -0.1) is 0 Å². The number of benzene rings is 2. The van der Waals surface area contributed by atoms with Crippen LogP contribution in [0.3, 0.4) is 0 Å². The third-order valence-electron chi connectivity index (χ3n) is 3.97. The molecule has 4 heteroatoms. The second-order valence-electron chi connectivity index (χ2n) is 5.44. The van der Waals surface area contributed by atoms with Crippen molar-refractivity contribution in [1.82, 2.24) is 9.55 Å². The third kappa shape index (κ3) is 2.25. The Morgan fingerprint density at radius 2 is 1.74 bits per heavy atom. The molecule has 0 fully saturated rings. The zero-order valence-corrected chi connectivity index (χ0v) is 12.6. The van der Waals surface area contributed by atoms with Crippen molar-refractivity contribution < 1.29 is 5.11 Å². The van der Waals surface area contributed by atoms with E-state index in [1.54, 1.807) is 10.8 Å². The molecule has 0 atom stereocenters. The van der Waals surface area contributed by atoms with Crippen molar-refractivity contribution in [3.8, 4) is 17.3 Å². The lowest BCUT2D eigenvalue weighted by atomic mass is 10.1. The summed E-state index contributed by atoms with van der Waals surface area (Å²) in [6.45, 7) is 0. The van der Waals surface area contributed by atoms with E-state index in [-0.39, 0.29) is 5.88 Å². The van der Waals surface area contributed by atoms with Crippen LogP contribution in [0.25, 0.3) is 23.0 Å². The number of hydrogen-bond acceptors (Lipinski definition) is 3. The minimum Gasteiger partial charge on any atom is -0.493 e. The van der Waals surface area contributed by atoms with Crippen LogP contribution < -0.4 is 0 Å². The van der Waals surface area contributed by atoms with E-state index in [1.807, 2.05) is 67.7 Å². The van der Waals surface area contributed by atoms with E-state index in [4.69, 9.17) is 0 Å². The van der Waals surface area contributed by atoms with E-state index in [1.165, 1.54) is 0 Å². The van der Waals surface area contributed by atoms with Crippen LogP contribution in [0.1, 0.15) is 11.3 Å². The second-order valence-corrected chi connectivity index (χ2v) is 5.44. The standard InChI is InChI=1S/C19H15N3O/c1-22-18(13-7-3-2-4-8-13)21-17(19(22)23)11-14-12-20-16-10-6-5-9-15(14)16/h2-12,23H,1H3/b14-11+. The molecular weight excluding hydrogens is 286 g/mol. The third-order valence-corrected chi connectivity index (χ3v) is 3.97. The normalized spacial score (nSPS) is 14.4. The Kier molecular flexibility index (Phi) is 3.08. The van der Waals surface area contributed by atoms with Gasteiger partial charge in [0.1, 0.15) is 11.5 Å². The van der Waals surface area contributed by atoms with Crippen molar-refractivity contribution in [1.29, 1.82) is 0 Å². The molecule has 0 saturated heterocycles. The largest absolute Gasteiger partial charge is 0.493 e. The Balaban J connectivity index is 1.80. The minimum absolute atomic E-state index is 0.147. The fraction of sp³-hybridized carbons (Fsp3) is 0.0526. The highest BCUT2D eigenvalue weighted by atomic mass is 16.3. The average Bonchev–Trinajstić information content (AvgIpc) is 3.13. The molecule has 0 saturated carbocycles. The van der Waals surface area contributed by atoms with Crippen molar-refractivity contribution in [2.45, 2.75) is 0 Å². The number of aromatic hydroxyl groups is 1. The monoisotopic (exact) mass is 301 g/mol. The molecule has 0 amide bonds. The summed E-state index contributed by atoms with van der Waals surface area (Å²) in [5.41, 5.74) is 4.46. The van der Waals surface area contributed by atoms with Gasteiger partial charge in [-0.1, -0.05) is 48.5 Å². The molecule has 4 rings (SSSR count). The quantitative estimate of drug-likeness (QED) is 0.776. The van der Waals surface area contributed by atoms with Gasteiger partial charge in [0, 0.05) is 30.0 Å². The summed E-state index contributed by atoms with van der Waals surface area (Å²) in [4.78, 5) is 8.98. The summed E-state index contributed by atoms with van der Waals surface area (Å²) in [5, 5.41) is 10.4. The number of allylic oxidation sites excluding steroid dienone is 1. The zero-order chi connectivity index (χ0) is 15.8. The van der Waals surface area contributed by atoms with Crippen LogP contribution in [0.5, 0.6) is 5.88 Å². The molecule has 0 bridgehead atoms. The fourth-order valence-electron chi connectivity index (χ4n) is 2.75. The van der Waals surface area contributed by atoms with E-state index in [9.17, 15) is 5.11 Å². The van der Waals surface area contributed by atoms with Crippen molar-refractivity contribution in [3.63, 3.8) is 0 Å². The lowest BCUT2D eigenvalue weighted by Crippen LogP contribution is -1.91. The summed E-state index contributed by atoms with van der Waals surface area (Å²) in [5.74, 6) is 0.882. The number of nitrogens with zero attached hydrogens (tertiary/aromatic N) is 3. The van der Waals surface area contributed by atoms with E-state index in [2.05, 4.69) is 9.98 Å². The highest BCUT2D eigenvalue weighted by Gasteiger charge is 2.16. The second kappa shape index (κ2) is 5.25. The van der Waals surface area contributed by atoms with Gasteiger partial charge in [-0.2, -0.15) is 0 Å². The van der Waals surface area contributed by atoms with Gasteiger partial charge >= 0.3 is 0 Å². The first-order chi connectivity index (χ1) is 11.2. The SMILES string of the molecule is Cn1c(-c2ccccc2)nc(/C=C2\C=Nc3ccccc32)c1O. The molecule has 0 spiro atoms. The molecule has 1 aliphatic rings. The van der Waals surface area contributed by atoms with Crippen LogP contribution in [0.4, 0.5) is 5.69 Å². The van der Waals surface area contributed by atoms with E-state index in [0.29, 0.717) is 5.69 Å². The van der Waals surface area contributed by atoms with Gasteiger partial charge in [0.15, 0.2) is 0 Å².